The van der Waals surface area contributed by atoms with Crippen molar-refractivity contribution < 1.29 is 34.4 Å². The van der Waals surface area contributed by atoms with E-state index in [4.69, 9.17) is 9.84 Å². The molecule has 0 unspecified atom stereocenters. The lowest BCUT2D eigenvalue weighted by molar-refractivity contribution is -0.385. The molecule has 0 radical (unpaired) electrons. The highest BCUT2D eigenvalue weighted by Crippen LogP contribution is 2.40. The summed E-state index contributed by atoms with van der Waals surface area (Å²) in [5, 5.41) is 41.9. The fourth-order valence-electron chi connectivity index (χ4n) is 3.49. The summed E-state index contributed by atoms with van der Waals surface area (Å²) in [6.07, 6.45) is 0. The molecule has 0 aromatic heterocycles. The third-order valence-corrected chi connectivity index (χ3v) is 5.00. The first-order chi connectivity index (χ1) is 15.8. The fourth-order valence-corrected chi connectivity index (χ4v) is 3.49. The molecule has 3 rings (SSSR count). The number of aliphatic hydroxyl groups is 2. The zero-order chi connectivity index (χ0) is 24.1. The Bertz CT molecular complexity index is 1130. The molecule has 1 atom stereocenters. The lowest BCUT2D eigenvalue weighted by atomic mass is 9.95. The van der Waals surface area contributed by atoms with E-state index in [-0.39, 0.29) is 54.4 Å². The number of non-ortho nitro benzene ring substituents is 2. The molecule has 1 heterocycles. The van der Waals surface area contributed by atoms with Crippen molar-refractivity contribution in [2.45, 2.75) is 6.04 Å². The number of aliphatic hydroxyl groups excluding tert-OH is 2. The van der Waals surface area contributed by atoms with Gasteiger partial charge in [-0.3, -0.25) is 29.8 Å². The third-order valence-electron chi connectivity index (χ3n) is 5.00. The van der Waals surface area contributed by atoms with Gasteiger partial charge in [-0.05, 0) is 17.7 Å². The van der Waals surface area contributed by atoms with E-state index in [0.717, 1.165) is 17.0 Å². The number of nitrogens with zero attached hydrogens (tertiary/aromatic N) is 3. The number of benzene rings is 2. The first-order valence-corrected chi connectivity index (χ1v) is 9.72. The van der Waals surface area contributed by atoms with Crippen LogP contribution in [0.25, 0.3) is 5.76 Å². The highest BCUT2D eigenvalue weighted by atomic mass is 16.6. The molecule has 2 N–H and O–H groups in total. The number of likely N-dealkylation sites (tertiary alicyclic amines) is 1. The van der Waals surface area contributed by atoms with Gasteiger partial charge in [0.15, 0.2) is 0 Å². The Labute approximate surface area is 186 Å². The summed E-state index contributed by atoms with van der Waals surface area (Å²) in [5.74, 6) is -2.52. The van der Waals surface area contributed by atoms with Crippen LogP contribution in [0.1, 0.15) is 17.2 Å². The van der Waals surface area contributed by atoms with Crippen molar-refractivity contribution in [1.82, 2.24) is 4.90 Å². The summed E-state index contributed by atoms with van der Waals surface area (Å²) >= 11 is 0. The van der Waals surface area contributed by atoms with Crippen molar-refractivity contribution in [3.8, 4) is 0 Å². The molecule has 0 saturated carbocycles. The number of carbonyl (C=O) groups excluding carboxylic acids is 2. The molecular formula is C21H19N3O9. The maximum atomic E-state index is 12.9. The second-order valence-electron chi connectivity index (χ2n) is 6.98. The third kappa shape index (κ3) is 4.86. The van der Waals surface area contributed by atoms with Crippen molar-refractivity contribution in [3.05, 3.63) is 85.5 Å². The Hall–Kier alpha value is -4.16. The number of ether oxygens (including phenoxy) is 1. The number of carbonyl (C=O) groups is 2. The predicted octanol–water partition coefficient (Wildman–Crippen LogP) is 1.93. The van der Waals surface area contributed by atoms with E-state index in [2.05, 4.69) is 0 Å². The molecular weight excluding hydrogens is 438 g/mol. The van der Waals surface area contributed by atoms with Gasteiger partial charge in [0.1, 0.15) is 5.76 Å². The average Bonchev–Trinajstić information content (AvgIpc) is 3.06. The van der Waals surface area contributed by atoms with Gasteiger partial charge in [-0.1, -0.05) is 12.1 Å². The van der Waals surface area contributed by atoms with E-state index in [9.17, 15) is 34.9 Å². The molecule has 1 aliphatic rings. The summed E-state index contributed by atoms with van der Waals surface area (Å²) in [4.78, 5) is 47.6. The zero-order valence-electron chi connectivity index (χ0n) is 17.1. The van der Waals surface area contributed by atoms with Gasteiger partial charge in [0, 0.05) is 36.4 Å². The van der Waals surface area contributed by atoms with Gasteiger partial charge in [0.2, 0.25) is 0 Å². The van der Waals surface area contributed by atoms with E-state index < -0.39 is 33.3 Å². The van der Waals surface area contributed by atoms with Crippen LogP contribution in [0.2, 0.25) is 0 Å². The number of Topliss-reactive ketones (excluding diaryl/α,β-unsaturated/α-hetero) is 1. The van der Waals surface area contributed by atoms with Crippen LogP contribution < -0.4 is 0 Å². The van der Waals surface area contributed by atoms with E-state index in [1.54, 1.807) is 0 Å². The Morgan fingerprint density at radius 1 is 1.00 bits per heavy atom. The molecule has 1 saturated heterocycles. The maximum absolute atomic E-state index is 12.9. The number of amides is 1. The monoisotopic (exact) mass is 457 g/mol. The van der Waals surface area contributed by atoms with Crippen LogP contribution in [0.15, 0.2) is 54.1 Å². The highest BCUT2D eigenvalue weighted by Gasteiger charge is 2.46. The molecule has 1 aliphatic heterocycles. The van der Waals surface area contributed by atoms with Crippen LogP contribution in [0.4, 0.5) is 11.4 Å². The molecule has 0 spiro atoms. The largest absolute Gasteiger partial charge is 0.507 e. The quantitative estimate of drug-likeness (QED) is 0.142. The minimum absolute atomic E-state index is 0.00813. The van der Waals surface area contributed by atoms with Gasteiger partial charge >= 0.3 is 0 Å². The van der Waals surface area contributed by atoms with Gasteiger partial charge in [-0.2, -0.15) is 0 Å². The lowest BCUT2D eigenvalue weighted by Crippen LogP contribution is -2.33. The lowest BCUT2D eigenvalue weighted by Gasteiger charge is -2.25. The van der Waals surface area contributed by atoms with E-state index in [0.29, 0.717) is 0 Å². The zero-order valence-corrected chi connectivity index (χ0v) is 17.1. The molecule has 1 amide bonds. The van der Waals surface area contributed by atoms with E-state index in [1.807, 2.05) is 0 Å². The Kier molecular flexibility index (Phi) is 7.10. The first kappa shape index (κ1) is 23.5. The fraction of sp³-hybridized carbons (Fsp3) is 0.238. The minimum Gasteiger partial charge on any atom is -0.507 e. The molecule has 33 heavy (non-hydrogen) atoms. The van der Waals surface area contributed by atoms with Gasteiger partial charge in [0.25, 0.3) is 23.1 Å². The van der Waals surface area contributed by atoms with Crippen LogP contribution in [0.5, 0.6) is 0 Å². The normalized spacial score (nSPS) is 17.4. The molecule has 2 aromatic rings. The molecule has 0 aliphatic carbocycles. The molecule has 12 nitrogen and oxygen atoms in total. The van der Waals surface area contributed by atoms with E-state index in [1.165, 1.54) is 36.4 Å². The van der Waals surface area contributed by atoms with Crippen molar-refractivity contribution in [3.63, 3.8) is 0 Å². The Morgan fingerprint density at radius 2 is 1.67 bits per heavy atom. The van der Waals surface area contributed by atoms with Crippen LogP contribution >= 0.6 is 0 Å². The molecule has 172 valence electrons. The second-order valence-corrected chi connectivity index (χ2v) is 6.98. The molecule has 0 bridgehead atoms. The number of rotatable bonds is 9. The van der Waals surface area contributed by atoms with Crippen LogP contribution in [0, 0.1) is 20.2 Å². The maximum Gasteiger partial charge on any atom is 0.295 e. The SMILES string of the molecule is O=C1C(=O)N(CCOCCO)[C@@H](c2cccc([N+](=O)[O-])c2)/C1=C(\O)c1ccc([N+](=O)[O-])cc1. The van der Waals surface area contributed by atoms with Gasteiger partial charge in [-0.15, -0.1) is 0 Å². The summed E-state index contributed by atoms with van der Waals surface area (Å²) in [6, 6.07) is 8.89. The van der Waals surface area contributed by atoms with Crippen LogP contribution in [-0.4, -0.2) is 63.0 Å². The summed E-state index contributed by atoms with van der Waals surface area (Å²) in [5.41, 5.74) is -0.538. The van der Waals surface area contributed by atoms with Gasteiger partial charge in [-0.25, -0.2) is 0 Å². The standard InChI is InChI=1S/C21H19N3O9/c25-9-11-33-10-8-22-18(14-2-1-3-16(12-14)24(31)32)17(20(27)21(22)28)19(26)13-4-6-15(7-5-13)23(29)30/h1-7,12,18,25-26H,8-11H2/b19-17+/t18-/m0/s1. The average molecular weight is 457 g/mol. The highest BCUT2D eigenvalue weighted by molar-refractivity contribution is 6.46. The summed E-state index contributed by atoms with van der Waals surface area (Å²) in [7, 11) is 0. The summed E-state index contributed by atoms with van der Waals surface area (Å²) in [6.45, 7) is -0.354. The molecule has 2 aromatic carbocycles. The number of hydrogen-bond acceptors (Lipinski definition) is 9. The van der Waals surface area contributed by atoms with Crippen molar-refractivity contribution in [2.75, 3.05) is 26.4 Å². The number of hydrogen-bond donors (Lipinski definition) is 2. The Morgan fingerprint density at radius 3 is 2.27 bits per heavy atom. The summed E-state index contributed by atoms with van der Waals surface area (Å²) < 4.78 is 5.18. The first-order valence-electron chi connectivity index (χ1n) is 9.72. The Balaban J connectivity index is 2.11. The number of nitro groups is 2. The van der Waals surface area contributed by atoms with Crippen molar-refractivity contribution >= 4 is 28.8 Å². The smallest absolute Gasteiger partial charge is 0.295 e. The molecule has 12 heteroatoms. The van der Waals surface area contributed by atoms with Crippen LogP contribution in [0.3, 0.4) is 0 Å². The number of nitro benzene ring substituents is 2. The van der Waals surface area contributed by atoms with Crippen molar-refractivity contribution in [1.29, 1.82) is 0 Å². The second kappa shape index (κ2) is 9.97. The van der Waals surface area contributed by atoms with Crippen molar-refractivity contribution in [2.24, 2.45) is 0 Å². The van der Waals surface area contributed by atoms with E-state index >= 15 is 0 Å². The minimum atomic E-state index is -1.15. The predicted molar refractivity (Wildman–Crippen MR) is 113 cm³/mol. The number of ketones is 1. The van der Waals surface area contributed by atoms with Gasteiger partial charge < -0.3 is 19.8 Å². The van der Waals surface area contributed by atoms with Gasteiger partial charge in [0.05, 0.1) is 41.3 Å². The molecule has 1 fully saturated rings. The topological polar surface area (TPSA) is 173 Å². The van der Waals surface area contributed by atoms with Crippen LogP contribution in [-0.2, 0) is 14.3 Å².